The minimum Gasteiger partial charge on any atom is -0.393 e. The van der Waals surface area contributed by atoms with Crippen LogP contribution < -0.4 is 10.2 Å². The maximum absolute atomic E-state index is 13.3. The number of aliphatic hydroxyl groups is 1. The SMILES string of the molecule is CSCc1[nH]ncc1Nc1ncc2c(n1)N([C@@H]1CCC[C@@H](O)C1)C(=O)C21CC1. The molecule has 1 aliphatic heterocycles. The highest BCUT2D eigenvalue weighted by Crippen LogP contribution is 2.57. The minimum absolute atomic E-state index is 0.0127. The molecule has 0 unspecified atom stereocenters. The number of thioether (sulfide) groups is 1. The van der Waals surface area contributed by atoms with Crippen molar-refractivity contribution in [3.05, 3.63) is 23.7 Å². The van der Waals surface area contributed by atoms with E-state index in [1.54, 1.807) is 18.0 Å². The second kappa shape index (κ2) is 6.73. The number of carbonyl (C=O) groups excluding carboxylic acids is 1. The molecule has 1 spiro atoms. The number of nitrogens with zero attached hydrogens (tertiary/aromatic N) is 4. The minimum atomic E-state index is -0.421. The number of nitrogens with one attached hydrogen (secondary N) is 2. The van der Waals surface area contributed by atoms with Gasteiger partial charge >= 0.3 is 0 Å². The number of aliphatic hydroxyl groups excluding tert-OH is 1. The highest BCUT2D eigenvalue weighted by molar-refractivity contribution is 7.97. The molecule has 2 saturated carbocycles. The molecular formula is C19H24N6O2S. The van der Waals surface area contributed by atoms with Gasteiger partial charge in [-0.15, -0.1) is 0 Å². The predicted molar refractivity (Wildman–Crippen MR) is 108 cm³/mol. The van der Waals surface area contributed by atoms with Gasteiger partial charge in [0.05, 0.1) is 29.1 Å². The summed E-state index contributed by atoms with van der Waals surface area (Å²) in [5, 5.41) is 20.5. The first-order valence-electron chi connectivity index (χ1n) is 9.80. The molecule has 2 aromatic rings. The number of H-pyrrole nitrogens is 1. The molecule has 2 fully saturated rings. The normalized spacial score (nSPS) is 25.2. The van der Waals surface area contributed by atoms with Crippen LogP contribution >= 0.6 is 11.8 Å². The van der Waals surface area contributed by atoms with Crippen LogP contribution in [0.25, 0.3) is 0 Å². The van der Waals surface area contributed by atoms with Crippen LogP contribution in [0.4, 0.5) is 17.5 Å². The van der Waals surface area contributed by atoms with Gasteiger partial charge in [-0.1, -0.05) is 0 Å². The van der Waals surface area contributed by atoms with Crippen molar-refractivity contribution in [3.8, 4) is 0 Å². The van der Waals surface area contributed by atoms with E-state index < -0.39 is 5.41 Å². The third-order valence-corrected chi connectivity index (χ3v) is 6.71. The molecule has 2 atom stereocenters. The van der Waals surface area contributed by atoms with E-state index in [0.29, 0.717) is 18.2 Å². The van der Waals surface area contributed by atoms with Gasteiger partial charge in [-0.25, -0.2) is 4.98 Å². The summed E-state index contributed by atoms with van der Waals surface area (Å²) in [4.78, 5) is 24.4. The molecule has 0 saturated heterocycles. The molecular weight excluding hydrogens is 376 g/mol. The average Bonchev–Trinajstić information content (AvgIpc) is 3.32. The molecule has 9 heteroatoms. The third-order valence-electron chi connectivity index (χ3n) is 6.13. The van der Waals surface area contributed by atoms with Crippen LogP contribution in [0.15, 0.2) is 12.4 Å². The molecule has 5 rings (SSSR count). The summed E-state index contributed by atoms with van der Waals surface area (Å²) in [7, 11) is 0. The van der Waals surface area contributed by atoms with Crippen LogP contribution in [-0.4, -0.2) is 49.6 Å². The Balaban J connectivity index is 1.48. The third kappa shape index (κ3) is 2.79. The lowest BCUT2D eigenvalue weighted by molar-refractivity contribution is -0.121. The number of hydrogen-bond acceptors (Lipinski definition) is 7. The van der Waals surface area contributed by atoms with E-state index in [4.69, 9.17) is 4.98 Å². The fourth-order valence-electron chi connectivity index (χ4n) is 4.51. The lowest BCUT2D eigenvalue weighted by atomic mass is 9.92. The average molecular weight is 401 g/mol. The predicted octanol–water partition coefficient (Wildman–Crippen LogP) is 2.49. The van der Waals surface area contributed by atoms with E-state index in [2.05, 4.69) is 20.5 Å². The van der Waals surface area contributed by atoms with E-state index in [9.17, 15) is 9.90 Å². The molecule has 148 valence electrons. The standard InChI is InChI=1S/C19H24N6O2S/c1-28-10-15-14(9-21-24-15)22-18-20-8-13-16(23-18)25(17(27)19(13)5-6-19)11-3-2-4-12(26)7-11/h8-9,11-12,26H,2-7,10H2,1H3,(H,21,24)(H,20,22,23)/t11-,12-/m1/s1. The van der Waals surface area contributed by atoms with Crippen molar-refractivity contribution in [2.24, 2.45) is 0 Å². The van der Waals surface area contributed by atoms with E-state index in [0.717, 1.165) is 54.8 Å². The summed E-state index contributed by atoms with van der Waals surface area (Å²) in [6, 6.07) is 0.0127. The van der Waals surface area contributed by atoms with Crippen molar-refractivity contribution in [2.75, 3.05) is 16.5 Å². The second-order valence-electron chi connectivity index (χ2n) is 7.98. The molecule has 8 nitrogen and oxygen atoms in total. The zero-order valence-electron chi connectivity index (χ0n) is 15.8. The lowest BCUT2D eigenvalue weighted by Gasteiger charge is -2.33. The van der Waals surface area contributed by atoms with Crippen LogP contribution in [0.5, 0.6) is 0 Å². The molecule has 2 aliphatic carbocycles. The largest absolute Gasteiger partial charge is 0.393 e. The molecule has 3 heterocycles. The zero-order valence-corrected chi connectivity index (χ0v) is 16.6. The molecule has 1 amide bonds. The Morgan fingerprint density at radius 2 is 2.25 bits per heavy atom. The number of amides is 1. The molecule has 0 radical (unpaired) electrons. The summed E-state index contributed by atoms with van der Waals surface area (Å²) in [6.45, 7) is 0. The maximum Gasteiger partial charge on any atom is 0.239 e. The van der Waals surface area contributed by atoms with Crippen LogP contribution in [0, 0.1) is 0 Å². The van der Waals surface area contributed by atoms with Gasteiger partial charge in [-0.2, -0.15) is 21.8 Å². The monoisotopic (exact) mass is 400 g/mol. The van der Waals surface area contributed by atoms with Crippen molar-refractivity contribution >= 4 is 35.1 Å². The summed E-state index contributed by atoms with van der Waals surface area (Å²) in [5.74, 6) is 2.13. The molecule has 3 N–H and O–H groups in total. The van der Waals surface area contributed by atoms with Gasteiger partial charge in [-0.3, -0.25) is 14.8 Å². The summed E-state index contributed by atoms with van der Waals surface area (Å²) >= 11 is 1.70. The van der Waals surface area contributed by atoms with Crippen LogP contribution in [0.1, 0.15) is 49.8 Å². The van der Waals surface area contributed by atoms with Crippen molar-refractivity contribution in [1.82, 2.24) is 20.2 Å². The first-order valence-corrected chi connectivity index (χ1v) is 11.2. The number of rotatable bonds is 5. The van der Waals surface area contributed by atoms with Gasteiger partial charge in [-0.05, 0) is 44.8 Å². The van der Waals surface area contributed by atoms with Crippen LogP contribution in [0.2, 0.25) is 0 Å². The first kappa shape index (κ1) is 17.9. The topological polar surface area (TPSA) is 107 Å². The zero-order chi connectivity index (χ0) is 19.3. The van der Waals surface area contributed by atoms with Gasteiger partial charge in [0.15, 0.2) is 0 Å². The van der Waals surface area contributed by atoms with Gasteiger partial charge in [0.25, 0.3) is 0 Å². The Bertz CT molecular complexity index is 912. The van der Waals surface area contributed by atoms with Crippen molar-refractivity contribution < 1.29 is 9.90 Å². The Hall–Kier alpha value is -2.13. The summed E-state index contributed by atoms with van der Waals surface area (Å²) in [5.41, 5.74) is 2.35. The molecule has 3 aliphatic rings. The lowest BCUT2D eigenvalue weighted by Crippen LogP contribution is -2.44. The van der Waals surface area contributed by atoms with Gasteiger partial charge in [0, 0.05) is 23.6 Å². The van der Waals surface area contributed by atoms with E-state index in [1.165, 1.54) is 0 Å². The molecule has 0 bridgehead atoms. The number of fused-ring (bicyclic) bond motifs is 2. The Kier molecular flexibility index (Phi) is 4.31. The van der Waals surface area contributed by atoms with Gasteiger partial charge < -0.3 is 10.4 Å². The van der Waals surface area contributed by atoms with Crippen molar-refractivity contribution in [3.63, 3.8) is 0 Å². The van der Waals surface area contributed by atoms with E-state index in [-0.39, 0.29) is 18.1 Å². The van der Waals surface area contributed by atoms with Crippen LogP contribution in [0.3, 0.4) is 0 Å². The number of aromatic amines is 1. The maximum atomic E-state index is 13.3. The van der Waals surface area contributed by atoms with Gasteiger partial charge in [0.2, 0.25) is 11.9 Å². The quantitative estimate of drug-likeness (QED) is 0.708. The van der Waals surface area contributed by atoms with Crippen molar-refractivity contribution in [2.45, 2.75) is 61.8 Å². The summed E-state index contributed by atoms with van der Waals surface area (Å²) in [6.07, 6.45) is 10.2. The number of aromatic nitrogens is 4. The van der Waals surface area contributed by atoms with Gasteiger partial charge in [0.1, 0.15) is 5.82 Å². The Morgan fingerprint density at radius 3 is 3.00 bits per heavy atom. The number of anilines is 3. The van der Waals surface area contributed by atoms with Crippen molar-refractivity contribution in [1.29, 1.82) is 0 Å². The fraction of sp³-hybridized carbons (Fsp3) is 0.579. The Labute approximate surface area is 167 Å². The Morgan fingerprint density at radius 1 is 1.39 bits per heavy atom. The summed E-state index contributed by atoms with van der Waals surface area (Å²) < 4.78 is 0. The molecule has 0 aromatic carbocycles. The smallest absolute Gasteiger partial charge is 0.239 e. The highest BCUT2D eigenvalue weighted by Gasteiger charge is 2.61. The second-order valence-corrected chi connectivity index (χ2v) is 8.85. The molecule has 2 aromatic heterocycles. The highest BCUT2D eigenvalue weighted by atomic mass is 32.2. The molecule has 28 heavy (non-hydrogen) atoms. The fourth-order valence-corrected chi connectivity index (χ4v) is 5.02. The van der Waals surface area contributed by atoms with Crippen LogP contribution in [-0.2, 0) is 16.0 Å². The van der Waals surface area contributed by atoms with E-state index in [1.807, 2.05) is 17.4 Å². The number of carbonyl (C=O) groups is 1. The number of hydrogen-bond donors (Lipinski definition) is 3. The first-order chi connectivity index (χ1) is 13.6. The van der Waals surface area contributed by atoms with E-state index >= 15 is 0 Å².